The molecule has 1 N–H and O–H groups in total. The maximum absolute atomic E-state index is 13.3. The van der Waals surface area contributed by atoms with Gasteiger partial charge in [-0.25, -0.2) is 4.79 Å². The number of benzene rings is 1. The molecule has 0 fully saturated rings. The third kappa shape index (κ3) is 3.99. The van der Waals surface area contributed by atoms with E-state index in [4.69, 9.17) is 15.1 Å². The fourth-order valence-electron chi connectivity index (χ4n) is 3.37. The molecule has 5 nitrogen and oxygen atoms in total. The molecule has 0 aliphatic heterocycles. The molecule has 1 aliphatic carbocycles. The van der Waals surface area contributed by atoms with E-state index in [-0.39, 0.29) is 12.2 Å². The Morgan fingerprint density at radius 3 is 2.72 bits per heavy atom. The van der Waals surface area contributed by atoms with E-state index in [1.807, 2.05) is 0 Å². The minimum atomic E-state index is -4.56. The van der Waals surface area contributed by atoms with Gasteiger partial charge in [-0.15, -0.1) is 0 Å². The SMILES string of the molecule is COc1c(CC2C=C(/C=C(\C#N)C(=O)O)c3cccnc32)cccc1C(F)(F)F. The number of alkyl halides is 3. The highest BCUT2D eigenvalue weighted by molar-refractivity contribution is 5.96. The van der Waals surface area contributed by atoms with Crippen molar-refractivity contribution in [3.8, 4) is 11.8 Å². The third-order valence-corrected chi connectivity index (χ3v) is 4.58. The fraction of sp³-hybridized carbons (Fsp3) is 0.190. The van der Waals surface area contributed by atoms with E-state index in [1.54, 1.807) is 36.5 Å². The van der Waals surface area contributed by atoms with Crippen LogP contribution >= 0.6 is 0 Å². The number of aliphatic carboxylic acids is 1. The number of carboxylic acid groups (broad SMARTS) is 1. The van der Waals surface area contributed by atoms with Crippen LogP contribution in [0.5, 0.6) is 5.75 Å². The summed E-state index contributed by atoms with van der Waals surface area (Å²) in [5, 5.41) is 18.1. The number of methoxy groups -OCH3 is 1. The summed E-state index contributed by atoms with van der Waals surface area (Å²) in [5.74, 6) is -2.01. The maximum atomic E-state index is 13.3. The number of aromatic nitrogens is 1. The van der Waals surface area contributed by atoms with E-state index >= 15 is 0 Å². The van der Waals surface area contributed by atoms with Crippen molar-refractivity contribution in [2.24, 2.45) is 0 Å². The van der Waals surface area contributed by atoms with Crippen LogP contribution < -0.4 is 4.74 Å². The van der Waals surface area contributed by atoms with Gasteiger partial charge in [-0.2, -0.15) is 18.4 Å². The first-order valence-corrected chi connectivity index (χ1v) is 8.51. The number of fused-ring (bicyclic) bond motifs is 1. The molecule has 0 amide bonds. The Morgan fingerprint density at radius 2 is 2.10 bits per heavy atom. The van der Waals surface area contributed by atoms with E-state index in [0.29, 0.717) is 22.4 Å². The van der Waals surface area contributed by atoms with Crippen LogP contribution in [-0.2, 0) is 17.4 Å². The normalized spacial score (nSPS) is 16.0. The van der Waals surface area contributed by atoms with Crippen LogP contribution in [0.4, 0.5) is 13.2 Å². The quantitative estimate of drug-likeness (QED) is 0.595. The van der Waals surface area contributed by atoms with Crippen LogP contribution in [-0.4, -0.2) is 23.2 Å². The van der Waals surface area contributed by atoms with Crippen molar-refractivity contribution in [1.29, 1.82) is 5.26 Å². The van der Waals surface area contributed by atoms with Crippen molar-refractivity contribution in [2.45, 2.75) is 18.5 Å². The zero-order chi connectivity index (χ0) is 21.2. The molecular formula is C21H15F3N2O3. The van der Waals surface area contributed by atoms with Gasteiger partial charge in [0.25, 0.3) is 0 Å². The molecular weight excluding hydrogens is 385 g/mol. The lowest BCUT2D eigenvalue weighted by Gasteiger charge is -2.17. The first kappa shape index (κ1) is 20.1. The van der Waals surface area contributed by atoms with Gasteiger partial charge in [-0.05, 0) is 35.8 Å². The first-order valence-electron chi connectivity index (χ1n) is 8.51. The number of nitrogens with zero attached hydrogens (tertiary/aromatic N) is 2. The van der Waals surface area contributed by atoms with Crippen LogP contribution in [0.1, 0.15) is 28.3 Å². The summed E-state index contributed by atoms with van der Waals surface area (Å²) < 4.78 is 44.9. The van der Waals surface area contributed by atoms with Crippen molar-refractivity contribution in [3.05, 3.63) is 76.6 Å². The molecule has 1 unspecified atom stereocenters. The van der Waals surface area contributed by atoms with Crippen molar-refractivity contribution in [2.75, 3.05) is 7.11 Å². The lowest BCUT2D eigenvalue weighted by molar-refractivity contribution is -0.138. The minimum Gasteiger partial charge on any atom is -0.496 e. The molecule has 0 saturated carbocycles. The number of ether oxygens (including phenoxy) is 1. The molecule has 2 aromatic rings. The Morgan fingerprint density at radius 1 is 1.34 bits per heavy atom. The van der Waals surface area contributed by atoms with Crippen LogP contribution in [0.2, 0.25) is 0 Å². The molecule has 0 bridgehead atoms. The van der Waals surface area contributed by atoms with Crippen LogP contribution in [0.3, 0.4) is 0 Å². The zero-order valence-corrected chi connectivity index (χ0v) is 15.2. The van der Waals surface area contributed by atoms with Gasteiger partial charge in [0.15, 0.2) is 0 Å². The number of allylic oxidation sites excluding steroid dienone is 3. The number of hydrogen-bond acceptors (Lipinski definition) is 4. The van der Waals surface area contributed by atoms with Crippen molar-refractivity contribution < 1.29 is 27.8 Å². The Hall–Kier alpha value is -3.60. The molecule has 1 aromatic heterocycles. The predicted molar refractivity (Wildman–Crippen MR) is 98.0 cm³/mol. The Bertz CT molecular complexity index is 1070. The van der Waals surface area contributed by atoms with Crippen molar-refractivity contribution in [1.82, 2.24) is 4.98 Å². The summed E-state index contributed by atoms with van der Waals surface area (Å²) in [7, 11) is 1.19. The third-order valence-electron chi connectivity index (χ3n) is 4.58. The second-order valence-corrected chi connectivity index (χ2v) is 6.34. The average molecular weight is 400 g/mol. The molecule has 148 valence electrons. The Balaban J connectivity index is 2.05. The highest BCUT2D eigenvalue weighted by atomic mass is 19.4. The second-order valence-electron chi connectivity index (χ2n) is 6.34. The molecule has 29 heavy (non-hydrogen) atoms. The molecule has 1 atom stereocenters. The number of halogens is 3. The van der Waals surface area contributed by atoms with E-state index in [2.05, 4.69) is 4.98 Å². The van der Waals surface area contributed by atoms with Gasteiger partial charge < -0.3 is 9.84 Å². The van der Waals surface area contributed by atoms with E-state index in [0.717, 1.165) is 6.07 Å². The Labute approximate surface area is 164 Å². The monoisotopic (exact) mass is 400 g/mol. The van der Waals surface area contributed by atoms with Gasteiger partial charge in [0, 0.05) is 17.7 Å². The topological polar surface area (TPSA) is 83.2 Å². The molecule has 0 spiro atoms. The summed E-state index contributed by atoms with van der Waals surface area (Å²) in [4.78, 5) is 15.5. The van der Waals surface area contributed by atoms with Gasteiger partial charge in [0.05, 0.1) is 18.4 Å². The van der Waals surface area contributed by atoms with E-state index in [9.17, 15) is 18.0 Å². The minimum absolute atomic E-state index is 0.170. The molecule has 0 radical (unpaired) electrons. The number of hydrogen-bond donors (Lipinski definition) is 1. The lowest BCUT2D eigenvalue weighted by Crippen LogP contribution is -2.10. The molecule has 0 saturated heterocycles. The smallest absolute Gasteiger partial charge is 0.419 e. The highest BCUT2D eigenvalue weighted by Crippen LogP contribution is 2.42. The summed E-state index contributed by atoms with van der Waals surface area (Å²) in [6, 6.07) is 8.84. The summed E-state index contributed by atoms with van der Waals surface area (Å²) in [5.41, 5.74) is 0.771. The summed E-state index contributed by atoms with van der Waals surface area (Å²) in [6.07, 6.45) is 0.117. The number of rotatable bonds is 5. The van der Waals surface area contributed by atoms with E-state index in [1.165, 1.54) is 19.3 Å². The van der Waals surface area contributed by atoms with Crippen LogP contribution in [0.25, 0.3) is 5.57 Å². The standard InChI is InChI=1S/C21H15F3N2O3/c1-29-19-12(4-2-6-17(19)21(22,23)24)8-14-9-13(10-15(11-25)20(27)28)16-5-3-7-26-18(14)16/h2-7,9-10,14H,8H2,1H3,(H,27,28)/b15-10+. The van der Waals surface area contributed by atoms with Crippen LogP contribution in [0, 0.1) is 11.3 Å². The molecule has 3 rings (SSSR count). The molecule has 8 heteroatoms. The number of pyridine rings is 1. The largest absolute Gasteiger partial charge is 0.496 e. The number of nitriles is 1. The average Bonchev–Trinajstić information content (AvgIpc) is 3.02. The van der Waals surface area contributed by atoms with Crippen molar-refractivity contribution in [3.63, 3.8) is 0 Å². The highest BCUT2D eigenvalue weighted by Gasteiger charge is 2.36. The Kier molecular flexibility index (Phi) is 5.41. The first-order chi connectivity index (χ1) is 13.8. The van der Waals surface area contributed by atoms with Gasteiger partial charge in [0.2, 0.25) is 0 Å². The molecule has 1 aromatic carbocycles. The number of carboxylic acids is 1. The maximum Gasteiger partial charge on any atom is 0.419 e. The van der Waals surface area contributed by atoms with Gasteiger partial charge >= 0.3 is 12.1 Å². The number of carbonyl (C=O) groups is 1. The second kappa shape index (κ2) is 7.80. The zero-order valence-electron chi connectivity index (χ0n) is 15.2. The summed E-state index contributed by atoms with van der Waals surface area (Å²) >= 11 is 0. The van der Waals surface area contributed by atoms with Crippen LogP contribution in [0.15, 0.2) is 54.3 Å². The molecule has 1 heterocycles. The van der Waals surface area contributed by atoms with Gasteiger partial charge in [-0.3, -0.25) is 4.98 Å². The van der Waals surface area contributed by atoms with E-state index < -0.39 is 29.2 Å². The van der Waals surface area contributed by atoms with Crippen molar-refractivity contribution >= 4 is 11.5 Å². The van der Waals surface area contributed by atoms with Gasteiger partial charge in [-0.1, -0.05) is 24.3 Å². The van der Waals surface area contributed by atoms with Gasteiger partial charge in [0.1, 0.15) is 17.4 Å². The summed E-state index contributed by atoms with van der Waals surface area (Å²) in [6.45, 7) is 0. The fourth-order valence-corrected chi connectivity index (χ4v) is 3.37. The molecule has 1 aliphatic rings. The number of para-hydroxylation sites is 1. The lowest BCUT2D eigenvalue weighted by atomic mass is 9.95. The predicted octanol–water partition coefficient (Wildman–Crippen LogP) is 4.37.